The Bertz CT molecular complexity index is 766. The van der Waals surface area contributed by atoms with Gasteiger partial charge in [0.15, 0.2) is 0 Å². The summed E-state index contributed by atoms with van der Waals surface area (Å²) >= 11 is 0. The second-order valence-corrected chi connectivity index (χ2v) is 4.49. The SMILES string of the molecule is O=C(Cc1ccccc1F)Nc1ccc2[nH]ncc2c1. The lowest BCUT2D eigenvalue weighted by atomic mass is 10.1. The van der Waals surface area contributed by atoms with Crippen molar-refractivity contribution in [3.8, 4) is 0 Å². The summed E-state index contributed by atoms with van der Waals surface area (Å²) in [5, 5.41) is 10.4. The smallest absolute Gasteiger partial charge is 0.228 e. The third kappa shape index (κ3) is 2.51. The third-order valence-electron chi connectivity index (χ3n) is 3.03. The van der Waals surface area contributed by atoms with Gasteiger partial charge in [0.1, 0.15) is 5.82 Å². The van der Waals surface area contributed by atoms with E-state index in [1.165, 1.54) is 6.07 Å². The Morgan fingerprint density at radius 3 is 2.95 bits per heavy atom. The number of aromatic nitrogens is 2. The molecule has 0 aliphatic carbocycles. The monoisotopic (exact) mass is 269 g/mol. The molecule has 0 aliphatic rings. The summed E-state index contributed by atoms with van der Waals surface area (Å²) in [4.78, 5) is 11.9. The van der Waals surface area contributed by atoms with Crippen LogP contribution in [0.3, 0.4) is 0 Å². The van der Waals surface area contributed by atoms with E-state index in [9.17, 15) is 9.18 Å². The molecule has 0 radical (unpaired) electrons. The third-order valence-corrected chi connectivity index (χ3v) is 3.03. The van der Waals surface area contributed by atoms with Gasteiger partial charge in [-0.3, -0.25) is 9.89 Å². The Hall–Kier alpha value is -2.69. The molecule has 3 rings (SSSR count). The lowest BCUT2D eigenvalue weighted by Crippen LogP contribution is -2.15. The molecule has 0 saturated carbocycles. The zero-order valence-electron chi connectivity index (χ0n) is 10.6. The minimum Gasteiger partial charge on any atom is -0.326 e. The Kier molecular flexibility index (Phi) is 3.16. The van der Waals surface area contributed by atoms with Crippen molar-refractivity contribution < 1.29 is 9.18 Å². The average molecular weight is 269 g/mol. The number of carbonyl (C=O) groups is 1. The number of carbonyl (C=O) groups excluding carboxylic acids is 1. The summed E-state index contributed by atoms with van der Waals surface area (Å²) in [5.41, 5.74) is 1.95. The first-order valence-corrected chi connectivity index (χ1v) is 6.19. The molecule has 0 bridgehead atoms. The van der Waals surface area contributed by atoms with E-state index in [1.54, 1.807) is 30.5 Å². The molecule has 4 nitrogen and oxygen atoms in total. The minimum atomic E-state index is -0.368. The summed E-state index contributed by atoms with van der Waals surface area (Å²) in [7, 11) is 0. The highest BCUT2D eigenvalue weighted by atomic mass is 19.1. The molecule has 0 spiro atoms. The summed E-state index contributed by atoms with van der Waals surface area (Å²) < 4.78 is 13.5. The molecule has 0 saturated heterocycles. The second-order valence-electron chi connectivity index (χ2n) is 4.49. The van der Waals surface area contributed by atoms with E-state index in [-0.39, 0.29) is 18.1 Å². The fourth-order valence-electron chi connectivity index (χ4n) is 2.04. The number of H-pyrrole nitrogens is 1. The summed E-state index contributed by atoms with van der Waals surface area (Å²) in [5.74, 6) is -0.620. The first-order chi connectivity index (χ1) is 9.72. The number of rotatable bonds is 3. The number of nitrogens with zero attached hydrogens (tertiary/aromatic N) is 1. The predicted molar refractivity (Wildman–Crippen MR) is 74.8 cm³/mol. The lowest BCUT2D eigenvalue weighted by molar-refractivity contribution is -0.115. The van der Waals surface area contributed by atoms with Crippen molar-refractivity contribution in [1.82, 2.24) is 10.2 Å². The van der Waals surface area contributed by atoms with Crippen LogP contribution in [0.4, 0.5) is 10.1 Å². The molecule has 0 fully saturated rings. The predicted octanol–water partition coefficient (Wildman–Crippen LogP) is 2.88. The summed E-state index contributed by atoms with van der Waals surface area (Å²) in [6.07, 6.45) is 1.69. The van der Waals surface area contributed by atoms with Gasteiger partial charge in [-0.1, -0.05) is 18.2 Å². The number of hydrogen-bond donors (Lipinski definition) is 2. The van der Waals surface area contributed by atoms with Crippen LogP contribution in [0.1, 0.15) is 5.56 Å². The molecule has 1 heterocycles. The fraction of sp³-hybridized carbons (Fsp3) is 0.0667. The van der Waals surface area contributed by atoms with Crippen molar-refractivity contribution in [2.75, 3.05) is 5.32 Å². The lowest BCUT2D eigenvalue weighted by Gasteiger charge is -2.06. The number of hydrogen-bond acceptors (Lipinski definition) is 2. The van der Waals surface area contributed by atoms with Gasteiger partial charge >= 0.3 is 0 Å². The molecule has 0 atom stereocenters. The molecule has 2 aromatic carbocycles. The van der Waals surface area contributed by atoms with Crippen molar-refractivity contribution in [2.45, 2.75) is 6.42 Å². The van der Waals surface area contributed by atoms with Gasteiger partial charge in [0, 0.05) is 11.1 Å². The maximum absolute atomic E-state index is 13.5. The van der Waals surface area contributed by atoms with Crippen LogP contribution in [-0.2, 0) is 11.2 Å². The molecular formula is C15H12FN3O. The van der Waals surface area contributed by atoms with Gasteiger partial charge < -0.3 is 5.32 Å². The van der Waals surface area contributed by atoms with Crippen molar-refractivity contribution in [2.24, 2.45) is 0 Å². The van der Waals surface area contributed by atoms with Crippen molar-refractivity contribution in [1.29, 1.82) is 0 Å². The number of amides is 1. The van der Waals surface area contributed by atoms with Gasteiger partial charge in [0.25, 0.3) is 0 Å². The molecule has 0 unspecified atom stereocenters. The Morgan fingerprint density at radius 2 is 2.10 bits per heavy atom. The highest BCUT2D eigenvalue weighted by molar-refractivity contribution is 5.94. The molecule has 3 aromatic rings. The minimum absolute atomic E-state index is 0.0100. The van der Waals surface area contributed by atoms with Crippen LogP contribution in [0, 0.1) is 5.82 Å². The standard InChI is InChI=1S/C15H12FN3O/c16-13-4-2-1-3-10(13)8-15(20)18-12-5-6-14-11(7-12)9-17-19-14/h1-7,9H,8H2,(H,17,19)(H,18,20). The molecule has 1 aromatic heterocycles. The Balaban J connectivity index is 1.74. The first-order valence-electron chi connectivity index (χ1n) is 6.19. The zero-order chi connectivity index (χ0) is 13.9. The molecule has 1 amide bonds. The molecule has 5 heteroatoms. The molecule has 100 valence electrons. The van der Waals surface area contributed by atoms with Gasteiger partial charge in [-0.25, -0.2) is 4.39 Å². The number of nitrogens with one attached hydrogen (secondary N) is 2. The molecule has 0 aliphatic heterocycles. The van der Waals surface area contributed by atoms with E-state index in [4.69, 9.17) is 0 Å². The van der Waals surface area contributed by atoms with E-state index in [2.05, 4.69) is 15.5 Å². The normalized spacial score (nSPS) is 10.7. The van der Waals surface area contributed by atoms with Crippen LogP contribution >= 0.6 is 0 Å². The largest absolute Gasteiger partial charge is 0.326 e. The van der Waals surface area contributed by atoms with Crippen LogP contribution in [-0.4, -0.2) is 16.1 Å². The Morgan fingerprint density at radius 1 is 1.25 bits per heavy atom. The van der Waals surface area contributed by atoms with Crippen molar-refractivity contribution in [3.05, 3.63) is 60.0 Å². The highest BCUT2D eigenvalue weighted by Gasteiger charge is 2.08. The van der Waals surface area contributed by atoms with Crippen LogP contribution in [0.15, 0.2) is 48.7 Å². The van der Waals surface area contributed by atoms with E-state index >= 15 is 0 Å². The van der Waals surface area contributed by atoms with Crippen molar-refractivity contribution in [3.63, 3.8) is 0 Å². The van der Waals surface area contributed by atoms with E-state index < -0.39 is 0 Å². The quantitative estimate of drug-likeness (QED) is 0.768. The molecule has 2 N–H and O–H groups in total. The van der Waals surface area contributed by atoms with Crippen LogP contribution in [0.25, 0.3) is 10.9 Å². The average Bonchev–Trinajstić information content (AvgIpc) is 2.89. The van der Waals surface area contributed by atoms with Crippen LogP contribution < -0.4 is 5.32 Å². The second kappa shape index (κ2) is 5.13. The van der Waals surface area contributed by atoms with Gasteiger partial charge in [-0.15, -0.1) is 0 Å². The number of anilines is 1. The van der Waals surface area contributed by atoms with Crippen LogP contribution in [0.2, 0.25) is 0 Å². The summed E-state index contributed by atoms with van der Waals surface area (Å²) in [6.45, 7) is 0. The zero-order valence-corrected chi connectivity index (χ0v) is 10.6. The van der Waals surface area contributed by atoms with E-state index in [1.807, 2.05) is 12.1 Å². The maximum atomic E-state index is 13.5. The van der Waals surface area contributed by atoms with Gasteiger partial charge in [-0.05, 0) is 29.8 Å². The van der Waals surface area contributed by atoms with Gasteiger partial charge in [0.05, 0.1) is 18.1 Å². The first kappa shape index (κ1) is 12.3. The number of fused-ring (bicyclic) bond motifs is 1. The van der Waals surface area contributed by atoms with Gasteiger partial charge in [-0.2, -0.15) is 5.10 Å². The van der Waals surface area contributed by atoms with E-state index in [0.29, 0.717) is 11.3 Å². The molecule has 20 heavy (non-hydrogen) atoms. The number of benzene rings is 2. The van der Waals surface area contributed by atoms with Crippen LogP contribution in [0.5, 0.6) is 0 Å². The fourth-order valence-corrected chi connectivity index (χ4v) is 2.04. The maximum Gasteiger partial charge on any atom is 0.228 e. The number of aromatic amines is 1. The van der Waals surface area contributed by atoms with Crippen molar-refractivity contribution >= 4 is 22.5 Å². The Labute approximate surface area is 114 Å². The molecular weight excluding hydrogens is 257 g/mol. The topological polar surface area (TPSA) is 57.8 Å². The van der Waals surface area contributed by atoms with Gasteiger partial charge in [0.2, 0.25) is 5.91 Å². The highest BCUT2D eigenvalue weighted by Crippen LogP contribution is 2.17. The summed E-state index contributed by atoms with van der Waals surface area (Å²) in [6, 6.07) is 11.7. The number of halogens is 1. The van der Waals surface area contributed by atoms with E-state index in [0.717, 1.165) is 10.9 Å².